The smallest absolute Gasteiger partial charge is 0.185 e. The number of aromatic nitrogens is 3. The molecule has 2 aliphatic heterocycles. The fourth-order valence-electron chi connectivity index (χ4n) is 4.47. The van der Waals surface area contributed by atoms with E-state index in [9.17, 15) is 0 Å². The maximum Gasteiger partial charge on any atom is 0.185 e. The first-order valence-electron chi connectivity index (χ1n) is 11.3. The summed E-state index contributed by atoms with van der Waals surface area (Å²) in [5.41, 5.74) is 6.43. The standard InChI is InChI=1S/C26H25N5OS/c1-9-27-25(28-10-1)21-4-2-19(3-5-21)14-24-16-29-26(33-24)30-11-8-20-6-7-23(15-22(20)17-30)31-12-13-32-18-31/h1-7,9-10,15-16H,8,11-14,17-18H2. The molecule has 33 heavy (non-hydrogen) atoms. The highest BCUT2D eigenvalue weighted by Crippen LogP contribution is 2.31. The number of benzene rings is 2. The first-order valence-corrected chi connectivity index (χ1v) is 12.1. The van der Waals surface area contributed by atoms with Crippen molar-refractivity contribution in [2.75, 3.05) is 36.2 Å². The number of hydrogen-bond donors (Lipinski definition) is 0. The molecule has 0 unspecified atom stereocenters. The molecule has 0 spiro atoms. The molecule has 6 rings (SSSR count). The number of anilines is 2. The molecule has 2 aliphatic rings. The molecule has 1 saturated heterocycles. The van der Waals surface area contributed by atoms with E-state index in [1.54, 1.807) is 23.7 Å². The second-order valence-corrected chi connectivity index (χ2v) is 9.57. The predicted molar refractivity (Wildman–Crippen MR) is 132 cm³/mol. The molecule has 7 heteroatoms. The fourth-order valence-corrected chi connectivity index (χ4v) is 5.44. The summed E-state index contributed by atoms with van der Waals surface area (Å²) < 4.78 is 5.53. The third-order valence-corrected chi connectivity index (χ3v) is 7.35. The average Bonchev–Trinajstić information content (AvgIpc) is 3.57. The topological polar surface area (TPSA) is 54.4 Å². The summed E-state index contributed by atoms with van der Waals surface area (Å²) in [6.45, 7) is 4.40. The molecule has 0 bridgehead atoms. The van der Waals surface area contributed by atoms with Crippen molar-refractivity contribution >= 4 is 22.2 Å². The molecule has 0 amide bonds. The van der Waals surface area contributed by atoms with Crippen molar-refractivity contribution in [3.63, 3.8) is 0 Å². The van der Waals surface area contributed by atoms with Gasteiger partial charge in [-0.3, -0.25) is 0 Å². The van der Waals surface area contributed by atoms with Gasteiger partial charge in [0.25, 0.3) is 0 Å². The molecular weight excluding hydrogens is 430 g/mol. The van der Waals surface area contributed by atoms with E-state index in [4.69, 9.17) is 9.72 Å². The number of rotatable bonds is 5. The summed E-state index contributed by atoms with van der Waals surface area (Å²) in [7, 11) is 0. The Morgan fingerprint density at radius 2 is 1.79 bits per heavy atom. The molecule has 166 valence electrons. The van der Waals surface area contributed by atoms with E-state index in [1.807, 2.05) is 12.3 Å². The third kappa shape index (κ3) is 4.34. The molecule has 0 N–H and O–H groups in total. The van der Waals surface area contributed by atoms with Gasteiger partial charge < -0.3 is 14.5 Å². The van der Waals surface area contributed by atoms with Gasteiger partial charge in [-0.25, -0.2) is 15.0 Å². The monoisotopic (exact) mass is 455 g/mol. The van der Waals surface area contributed by atoms with Gasteiger partial charge in [0, 0.05) is 60.8 Å². The number of ether oxygens (including phenoxy) is 1. The van der Waals surface area contributed by atoms with Crippen LogP contribution in [0.5, 0.6) is 0 Å². The minimum atomic E-state index is 0.692. The average molecular weight is 456 g/mol. The lowest BCUT2D eigenvalue weighted by atomic mass is 9.99. The van der Waals surface area contributed by atoms with Crippen molar-refractivity contribution in [1.82, 2.24) is 15.0 Å². The van der Waals surface area contributed by atoms with Crippen LogP contribution < -0.4 is 9.80 Å². The zero-order valence-corrected chi connectivity index (χ0v) is 19.2. The summed E-state index contributed by atoms with van der Waals surface area (Å²) in [5, 5.41) is 1.11. The predicted octanol–water partition coefficient (Wildman–Crippen LogP) is 4.55. The molecule has 6 nitrogen and oxygen atoms in total. The van der Waals surface area contributed by atoms with Gasteiger partial charge in [-0.2, -0.15) is 0 Å². The van der Waals surface area contributed by atoms with Crippen molar-refractivity contribution in [2.45, 2.75) is 19.4 Å². The Kier molecular flexibility index (Phi) is 5.49. The van der Waals surface area contributed by atoms with E-state index in [0.29, 0.717) is 6.73 Å². The van der Waals surface area contributed by atoms with Crippen LogP contribution in [0.1, 0.15) is 21.6 Å². The zero-order valence-electron chi connectivity index (χ0n) is 18.4. The second kappa shape index (κ2) is 8.92. The Morgan fingerprint density at radius 3 is 2.61 bits per heavy atom. The lowest BCUT2D eigenvalue weighted by molar-refractivity contribution is 0.201. The largest absolute Gasteiger partial charge is 0.359 e. The SMILES string of the molecule is c1cnc(-c2ccc(Cc3cnc(N4CCc5ccc(N6CCOC6)cc5C4)s3)cc2)nc1. The van der Waals surface area contributed by atoms with Gasteiger partial charge in [-0.1, -0.05) is 30.3 Å². The summed E-state index contributed by atoms with van der Waals surface area (Å²) in [6, 6.07) is 17.2. The Hall–Kier alpha value is -3.29. The molecule has 0 atom stereocenters. The van der Waals surface area contributed by atoms with Crippen LogP contribution in [0, 0.1) is 0 Å². The van der Waals surface area contributed by atoms with Gasteiger partial charge in [0.15, 0.2) is 11.0 Å². The lowest BCUT2D eigenvalue weighted by Crippen LogP contribution is -2.30. The van der Waals surface area contributed by atoms with E-state index in [1.165, 1.54) is 27.3 Å². The highest BCUT2D eigenvalue weighted by Gasteiger charge is 2.21. The van der Waals surface area contributed by atoms with Crippen LogP contribution in [0.15, 0.2) is 67.1 Å². The molecule has 0 aliphatic carbocycles. The van der Waals surface area contributed by atoms with Crippen molar-refractivity contribution in [2.24, 2.45) is 0 Å². The molecule has 2 aromatic heterocycles. The van der Waals surface area contributed by atoms with Crippen LogP contribution in [-0.2, 0) is 24.1 Å². The van der Waals surface area contributed by atoms with Gasteiger partial charge in [-0.15, -0.1) is 11.3 Å². The zero-order chi connectivity index (χ0) is 22.0. The van der Waals surface area contributed by atoms with E-state index in [-0.39, 0.29) is 0 Å². The first kappa shape index (κ1) is 20.3. The normalized spacial score (nSPS) is 15.6. The third-order valence-electron chi connectivity index (χ3n) is 6.29. The van der Waals surface area contributed by atoms with Crippen LogP contribution in [0.4, 0.5) is 10.8 Å². The van der Waals surface area contributed by atoms with E-state index >= 15 is 0 Å². The minimum Gasteiger partial charge on any atom is -0.359 e. The number of thiazole rings is 1. The molecule has 4 heterocycles. The Morgan fingerprint density at radius 1 is 0.909 bits per heavy atom. The lowest BCUT2D eigenvalue weighted by Gasteiger charge is -2.29. The van der Waals surface area contributed by atoms with Gasteiger partial charge >= 0.3 is 0 Å². The Balaban J connectivity index is 1.14. The van der Waals surface area contributed by atoms with Crippen molar-refractivity contribution in [1.29, 1.82) is 0 Å². The highest BCUT2D eigenvalue weighted by atomic mass is 32.1. The van der Waals surface area contributed by atoms with Crippen LogP contribution in [-0.4, -0.2) is 41.4 Å². The van der Waals surface area contributed by atoms with Gasteiger partial charge in [0.1, 0.15) is 6.73 Å². The number of nitrogens with zero attached hydrogens (tertiary/aromatic N) is 5. The van der Waals surface area contributed by atoms with Crippen molar-refractivity contribution in [3.8, 4) is 11.4 Å². The van der Waals surface area contributed by atoms with Crippen LogP contribution >= 0.6 is 11.3 Å². The molecular formula is C26H25N5OS. The van der Waals surface area contributed by atoms with Crippen LogP contribution in [0.3, 0.4) is 0 Å². The van der Waals surface area contributed by atoms with E-state index < -0.39 is 0 Å². The molecule has 0 radical (unpaired) electrons. The number of hydrogen-bond acceptors (Lipinski definition) is 7. The van der Waals surface area contributed by atoms with Crippen LogP contribution in [0.2, 0.25) is 0 Å². The minimum absolute atomic E-state index is 0.692. The van der Waals surface area contributed by atoms with Crippen molar-refractivity contribution < 1.29 is 4.74 Å². The quantitative estimate of drug-likeness (QED) is 0.440. The molecule has 2 aromatic carbocycles. The Labute approximate surface area is 197 Å². The maximum absolute atomic E-state index is 5.53. The van der Waals surface area contributed by atoms with E-state index in [2.05, 4.69) is 62.2 Å². The summed E-state index contributed by atoms with van der Waals surface area (Å²) in [4.78, 5) is 19.4. The first-order chi connectivity index (χ1) is 16.3. The highest BCUT2D eigenvalue weighted by molar-refractivity contribution is 7.15. The molecule has 4 aromatic rings. The fraction of sp³-hybridized carbons (Fsp3) is 0.269. The molecule has 0 saturated carbocycles. The van der Waals surface area contributed by atoms with Crippen molar-refractivity contribution in [3.05, 3.63) is 88.7 Å². The van der Waals surface area contributed by atoms with Gasteiger partial charge in [0.05, 0.1) is 6.61 Å². The number of fused-ring (bicyclic) bond motifs is 1. The summed E-state index contributed by atoms with van der Waals surface area (Å²) >= 11 is 1.80. The van der Waals surface area contributed by atoms with Gasteiger partial charge in [0.2, 0.25) is 0 Å². The van der Waals surface area contributed by atoms with Gasteiger partial charge in [-0.05, 0) is 41.3 Å². The Bertz CT molecular complexity index is 1240. The summed E-state index contributed by atoms with van der Waals surface area (Å²) in [5.74, 6) is 0.759. The van der Waals surface area contributed by atoms with E-state index in [0.717, 1.165) is 55.6 Å². The van der Waals surface area contributed by atoms with Crippen LogP contribution in [0.25, 0.3) is 11.4 Å². The molecule has 1 fully saturated rings. The summed E-state index contributed by atoms with van der Waals surface area (Å²) in [6.07, 6.45) is 7.52. The maximum atomic E-state index is 5.53. The second-order valence-electron chi connectivity index (χ2n) is 8.48.